The first kappa shape index (κ1) is 15.9. The van der Waals surface area contributed by atoms with Crippen LogP contribution < -0.4 is 4.72 Å². The monoisotopic (exact) mass is 357 g/mol. The molecule has 2 aliphatic rings. The Hall–Kier alpha value is -1.56. The number of thioether (sulfide) groups is 1. The van der Waals surface area contributed by atoms with Crippen LogP contribution in [-0.4, -0.2) is 14.2 Å². The number of hydrogen-bond acceptors (Lipinski definition) is 3. The van der Waals surface area contributed by atoms with Crippen LogP contribution in [0.1, 0.15) is 35.6 Å². The maximum absolute atomic E-state index is 12.9. The van der Waals surface area contributed by atoms with Crippen LogP contribution in [0.4, 0.5) is 0 Å². The molecule has 0 saturated heterocycles. The Kier molecular flexibility index (Phi) is 4.24. The molecule has 1 aliphatic carbocycles. The smallest absolute Gasteiger partial charge is 0.207 e. The lowest BCUT2D eigenvalue weighted by atomic mass is 9.98. The zero-order valence-corrected chi connectivity index (χ0v) is 14.9. The van der Waals surface area contributed by atoms with Crippen LogP contribution in [0.5, 0.6) is 0 Å². The minimum atomic E-state index is -3.47. The van der Waals surface area contributed by atoms with E-state index in [4.69, 9.17) is 0 Å². The Balaban J connectivity index is 1.63. The van der Waals surface area contributed by atoms with Crippen LogP contribution in [0.15, 0.2) is 58.3 Å². The molecule has 1 heterocycles. The molecule has 2 aromatic carbocycles. The highest BCUT2D eigenvalue weighted by molar-refractivity contribution is 7.99. The van der Waals surface area contributed by atoms with Crippen LogP contribution in [0.25, 0.3) is 6.08 Å². The molecule has 4 rings (SSSR count). The van der Waals surface area contributed by atoms with Gasteiger partial charge in [-0.25, -0.2) is 13.1 Å². The lowest BCUT2D eigenvalue weighted by molar-refractivity contribution is 0.550. The average molecular weight is 358 g/mol. The van der Waals surface area contributed by atoms with Crippen molar-refractivity contribution in [2.24, 2.45) is 0 Å². The third-order valence-electron chi connectivity index (χ3n) is 4.61. The fourth-order valence-electron chi connectivity index (χ4n) is 3.35. The van der Waals surface area contributed by atoms with Crippen LogP contribution in [-0.2, 0) is 16.4 Å². The second-order valence-corrected chi connectivity index (χ2v) is 9.06. The highest BCUT2D eigenvalue weighted by atomic mass is 32.2. The van der Waals surface area contributed by atoms with Gasteiger partial charge in [0.15, 0.2) is 0 Å². The minimum absolute atomic E-state index is 0.134. The number of rotatable bonds is 3. The number of nitrogens with one attached hydrogen (secondary N) is 1. The quantitative estimate of drug-likeness (QED) is 0.898. The van der Waals surface area contributed by atoms with Crippen LogP contribution in [0, 0.1) is 0 Å². The molecule has 0 unspecified atom stereocenters. The normalized spacial score (nSPS) is 20.0. The van der Waals surface area contributed by atoms with E-state index in [0.717, 1.165) is 29.7 Å². The molecule has 124 valence electrons. The van der Waals surface area contributed by atoms with Crippen molar-refractivity contribution >= 4 is 27.9 Å². The summed E-state index contributed by atoms with van der Waals surface area (Å²) >= 11 is 1.80. The second-order valence-electron chi connectivity index (χ2n) is 6.16. The van der Waals surface area contributed by atoms with E-state index in [1.54, 1.807) is 11.8 Å². The third kappa shape index (κ3) is 3.04. The summed E-state index contributed by atoms with van der Waals surface area (Å²) in [6.45, 7) is 0. The van der Waals surface area contributed by atoms with Gasteiger partial charge in [-0.1, -0.05) is 42.5 Å². The van der Waals surface area contributed by atoms with Crippen molar-refractivity contribution in [2.75, 3.05) is 5.75 Å². The molecular weight excluding hydrogens is 338 g/mol. The van der Waals surface area contributed by atoms with Gasteiger partial charge in [0, 0.05) is 10.9 Å². The van der Waals surface area contributed by atoms with E-state index >= 15 is 0 Å². The van der Waals surface area contributed by atoms with E-state index in [1.807, 2.05) is 42.5 Å². The molecule has 0 amide bonds. The highest BCUT2D eigenvalue weighted by Gasteiger charge is 2.28. The van der Waals surface area contributed by atoms with Gasteiger partial charge in [-0.2, -0.15) is 0 Å². The van der Waals surface area contributed by atoms with E-state index in [9.17, 15) is 8.42 Å². The largest absolute Gasteiger partial charge is 0.237 e. The van der Waals surface area contributed by atoms with Crippen LogP contribution >= 0.6 is 11.8 Å². The van der Waals surface area contributed by atoms with Gasteiger partial charge in [0.1, 0.15) is 0 Å². The highest BCUT2D eigenvalue weighted by Crippen LogP contribution is 2.37. The number of fused-ring (bicyclic) bond motifs is 2. The van der Waals surface area contributed by atoms with Gasteiger partial charge in [0.2, 0.25) is 10.0 Å². The molecular formula is C19H19NO2S2. The Bertz CT molecular complexity index is 903. The van der Waals surface area contributed by atoms with E-state index in [0.29, 0.717) is 11.3 Å². The summed E-state index contributed by atoms with van der Waals surface area (Å²) < 4.78 is 28.7. The molecule has 24 heavy (non-hydrogen) atoms. The van der Waals surface area contributed by atoms with Gasteiger partial charge in [-0.05, 0) is 53.8 Å². The van der Waals surface area contributed by atoms with Gasteiger partial charge < -0.3 is 0 Å². The maximum atomic E-state index is 12.9. The van der Waals surface area contributed by atoms with E-state index in [-0.39, 0.29) is 6.04 Å². The fraction of sp³-hybridized carbons (Fsp3) is 0.263. The summed E-state index contributed by atoms with van der Waals surface area (Å²) in [4.78, 5) is 1.68. The molecule has 0 saturated carbocycles. The predicted molar refractivity (Wildman–Crippen MR) is 99.3 cm³/mol. The lowest BCUT2D eigenvalue weighted by Crippen LogP contribution is -2.32. The van der Waals surface area contributed by atoms with E-state index in [1.165, 1.54) is 10.5 Å². The molecule has 0 spiro atoms. The van der Waals surface area contributed by atoms with Gasteiger partial charge in [-0.3, -0.25) is 0 Å². The number of benzene rings is 2. The molecule has 5 heteroatoms. The molecule has 0 fully saturated rings. The van der Waals surface area contributed by atoms with Gasteiger partial charge in [-0.15, -0.1) is 11.8 Å². The van der Waals surface area contributed by atoms with E-state index < -0.39 is 10.0 Å². The molecule has 0 radical (unpaired) electrons. The molecule has 3 nitrogen and oxygen atoms in total. The maximum Gasteiger partial charge on any atom is 0.237 e. The van der Waals surface area contributed by atoms with Crippen molar-refractivity contribution in [1.29, 1.82) is 0 Å². The summed E-state index contributed by atoms with van der Waals surface area (Å²) in [6.07, 6.45) is 3.99. The Labute approximate surface area is 147 Å². The Morgan fingerprint density at radius 2 is 1.79 bits per heavy atom. The lowest BCUT2D eigenvalue weighted by Gasteiger charge is -2.27. The van der Waals surface area contributed by atoms with Crippen molar-refractivity contribution in [3.05, 3.63) is 70.1 Å². The summed E-state index contributed by atoms with van der Waals surface area (Å²) in [6, 6.07) is 15.9. The Morgan fingerprint density at radius 3 is 2.71 bits per heavy atom. The number of sulfonamides is 1. The first-order valence-corrected chi connectivity index (χ1v) is 10.6. The molecule has 2 aromatic rings. The molecule has 0 aromatic heterocycles. The summed E-state index contributed by atoms with van der Waals surface area (Å²) in [7, 11) is -3.47. The van der Waals surface area contributed by atoms with Crippen molar-refractivity contribution < 1.29 is 8.42 Å². The number of allylic oxidation sites excluding steroid dienone is 1. The van der Waals surface area contributed by atoms with Crippen LogP contribution in [0.3, 0.4) is 0 Å². The molecule has 0 bridgehead atoms. The van der Waals surface area contributed by atoms with Gasteiger partial charge in [0.05, 0.1) is 4.91 Å². The average Bonchev–Trinajstić information content (AvgIpc) is 2.61. The van der Waals surface area contributed by atoms with Gasteiger partial charge in [0.25, 0.3) is 0 Å². The summed E-state index contributed by atoms with van der Waals surface area (Å²) in [5.74, 6) is 0.937. The second kappa shape index (κ2) is 6.39. The van der Waals surface area contributed by atoms with Gasteiger partial charge >= 0.3 is 0 Å². The minimum Gasteiger partial charge on any atom is -0.207 e. The zero-order chi connectivity index (χ0) is 16.6. The van der Waals surface area contributed by atoms with E-state index in [2.05, 4.69) is 16.9 Å². The van der Waals surface area contributed by atoms with Crippen molar-refractivity contribution in [1.82, 2.24) is 4.72 Å². The molecule has 1 N–H and O–H groups in total. The van der Waals surface area contributed by atoms with Crippen molar-refractivity contribution in [3.8, 4) is 0 Å². The predicted octanol–water partition coefficient (Wildman–Crippen LogP) is 4.13. The fourth-order valence-corrected chi connectivity index (χ4v) is 5.89. The summed E-state index contributed by atoms with van der Waals surface area (Å²) in [5.41, 5.74) is 3.33. The van der Waals surface area contributed by atoms with Crippen molar-refractivity contribution in [3.63, 3.8) is 0 Å². The third-order valence-corrected chi connectivity index (χ3v) is 7.34. The first-order chi connectivity index (χ1) is 11.6. The zero-order valence-electron chi connectivity index (χ0n) is 13.2. The first-order valence-electron chi connectivity index (χ1n) is 8.16. The Morgan fingerprint density at radius 1 is 1.00 bits per heavy atom. The standard InChI is InChI=1S/C19H19NO2S2/c21-24(22,16-10-9-14-5-1-2-6-15(14)13-16)20-18-11-12-23-19-8-4-3-7-17(18)19/h1-8,13,18,20H,9-12H2/t18-/m1/s1. The summed E-state index contributed by atoms with van der Waals surface area (Å²) in [5, 5.41) is 0. The number of hydrogen-bond donors (Lipinski definition) is 1. The van der Waals surface area contributed by atoms with Crippen LogP contribution in [0.2, 0.25) is 0 Å². The number of aryl methyl sites for hydroxylation is 1. The molecule has 1 atom stereocenters. The topological polar surface area (TPSA) is 46.2 Å². The van der Waals surface area contributed by atoms with Crippen molar-refractivity contribution in [2.45, 2.75) is 30.2 Å². The SMILES string of the molecule is O=S(=O)(N[C@@H]1CCSc2ccccc21)C1=Cc2ccccc2CC1. The molecule has 1 aliphatic heterocycles.